The molecule has 0 aliphatic heterocycles. The molecule has 0 aromatic heterocycles. The summed E-state index contributed by atoms with van der Waals surface area (Å²) in [5.41, 5.74) is 0.798. The van der Waals surface area contributed by atoms with Crippen molar-refractivity contribution in [3.8, 4) is 5.75 Å². The van der Waals surface area contributed by atoms with E-state index >= 15 is 0 Å². The Labute approximate surface area is 86.6 Å². The number of carboxylic acid groups (broad SMARTS) is 1. The minimum Gasteiger partial charge on any atom is -0.506 e. The van der Waals surface area contributed by atoms with Gasteiger partial charge < -0.3 is 10.2 Å². The number of hydrogen-bond acceptors (Lipinski definition) is 2. The summed E-state index contributed by atoms with van der Waals surface area (Å²) >= 11 is 0. The molecule has 0 unspecified atom stereocenters. The quantitative estimate of drug-likeness (QED) is 0.747. The summed E-state index contributed by atoms with van der Waals surface area (Å²) in [5, 5.41) is 20.1. The van der Waals surface area contributed by atoms with Gasteiger partial charge in [-0.05, 0) is 23.9 Å². The number of rotatable bonds is 1. The van der Waals surface area contributed by atoms with Gasteiger partial charge in [0.15, 0.2) is 0 Å². The maximum atomic E-state index is 10.9. The SMILES string of the molecule is Cc1cc(C(=O)O)c(O)c2ccccc12. The Morgan fingerprint density at radius 1 is 1.20 bits per heavy atom. The van der Waals surface area contributed by atoms with Crippen LogP contribution in [0.2, 0.25) is 0 Å². The predicted octanol–water partition coefficient (Wildman–Crippen LogP) is 2.55. The van der Waals surface area contributed by atoms with Gasteiger partial charge >= 0.3 is 5.97 Å². The van der Waals surface area contributed by atoms with Crippen molar-refractivity contribution in [2.75, 3.05) is 0 Å². The number of hydrogen-bond donors (Lipinski definition) is 2. The highest BCUT2D eigenvalue weighted by molar-refractivity contribution is 6.01. The largest absolute Gasteiger partial charge is 0.506 e. The van der Waals surface area contributed by atoms with E-state index in [0.29, 0.717) is 5.39 Å². The molecular weight excluding hydrogens is 192 g/mol. The van der Waals surface area contributed by atoms with Crippen LogP contribution in [0, 0.1) is 6.92 Å². The first-order valence-corrected chi connectivity index (χ1v) is 4.56. The Kier molecular flexibility index (Phi) is 2.08. The van der Waals surface area contributed by atoms with Gasteiger partial charge in [-0.3, -0.25) is 0 Å². The fourth-order valence-corrected chi connectivity index (χ4v) is 1.70. The number of carbonyl (C=O) groups is 1. The molecule has 2 N–H and O–H groups in total. The standard InChI is InChI=1S/C12H10O3/c1-7-6-10(12(14)15)11(13)9-5-3-2-4-8(7)9/h2-6,13H,1H3,(H,14,15). The summed E-state index contributed by atoms with van der Waals surface area (Å²) in [7, 11) is 0. The van der Waals surface area contributed by atoms with E-state index < -0.39 is 5.97 Å². The number of benzene rings is 2. The first-order valence-electron chi connectivity index (χ1n) is 4.56. The predicted molar refractivity (Wildman–Crippen MR) is 57.3 cm³/mol. The Morgan fingerprint density at radius 3 is 2.40 bits per heavy atom. The summed E-state index contributed by atoms with van der Waals surface area (Å²) in [6.45, 7) is 1.83. The zero-order chi connectivity index (χ0) is 11.0. The van der Waals surface area contributed by atoms with E-state index in [2.05, 4.69) is 0 Å². The van der Waals surface area contributed by atoms with Crippen LogP contribution in [0.5, 0.6) is 5.75 Å². The van der Waals surface area contributed by atoms with Crippen LogP contribution >= 0.6 is 0 Å². The van der Waals surface area contributed by atoms with Crippen LogP contribution in [0.3, 0.4) is 0 Å². The van der Waals surface area contributed by atoms with E-state index in [1.165, 1.54) is 6.07 Å². The monoisotopic (exact) mass is 202 g/mol. The van der Waals surface area contributed by atoms with Crippen molar-refractivity contribution in [3.63, 3.8) is 0 Å². The lowest BCUT2D eigenvalue weighted by Crippen LogP contribution is -1.98. The molecule has 0 fully saturated rings. The van der Waals surface area contributed by atoms with E-state index in [9.17, 15) is 9.90 Å². The molecule has 0 bridgehead atoms. The Hall–Kier alpha value is -2.03. The van der Waals surface area contributed by atoms with Gasteiger partial charge in [0.25, 0.3) is 0 Å². The molecular formula is C12H10O3. The van der Waals surface area contributed by atoms with E-state index in [4.69, 9.17) is 5.11 Å². The summed E-state index contributed by atoms with van der Waals surface area (Å²) < 4.78 is 0. The van der Waals surface area contributed by atoms with E-state index in [-0.39, 0.29) is 11.3 Å². The molecule has 76 valence electrons. The molecule has 0 aliphatic carbocycles. The molecule has 0 amide bonds. The van der Waals surface area contributed by atoms with Gasteiger partial charge in [0.05, 0.1) is 0 Å². The molecule has 0 saturated heterocycles. The molecule has 0 heterocycles. The van der Waals surface area contributed by atoms with Gasteiger partial charge in [-0.1, -0.05) is 24.3 Å². The molecule has 0 radical (unpaired) electrons. The first kappa shape index (κ1) is 9.52. The van der Waals surface area contributed by atoms with Gasteiger partial charge in [0, 0.05) is 5.39 Å². The van der Waals surface area contributed by atoms with Gasteiger partial charge in [-0.2, -0.15) is 0 Å². The number of carboxylic acids is 1. The smallest absolute Gasteiger partial charge is 0.339 e. The van der Waals surface area contributed by atoms with Crippen LogP contribution in [-0.2, 0) is 0 Å². The number of phenols is 1. The summed E-state index contributed by atoms with van der Waals surface area (Å²) in [6, 6.07) is 8.68. The normalized spacial score (nSPS) is 10.5. The fraction of sp³-hybridized carbons (Fsp3) is 0.0833. The second-order valence-electron chi connectivity index (χ2n) is 3.44. The number of fused-ring (bicyclic) bond motifs is 1. The number of aromatic carboxylic acids is 1. The Balaban J connectivity index is 2.90. The topological polar surface area (TPSA) is 57.5 Å². The van der Waals surface area contributed by atoms with Gasteiger partial charge in [0.2, 0.25) is 0 Å². The van der Waals surface area contributed by atoms with Crippen LogP contribution in [-0.4, -0.2) is 16.2 Å². The summed E-state index contributed by atoms with van der Waals surface area (Å²) in [6.07, 6.45) is 0. The average Bonchev–Trinajstić information content (AvgIpc) is 2.23. The second-order valence-corrected chi connectivity index (χ2v) is 3.44. The molecule has 0 saturated carbocycles. The van der Waals surface area contributed by atoms with Gasteiger partial charge in [-0.15, -0.1) is 0 Å². The van der Waals surface area contributed by atoms with Crippen molar-refractivity contribution < 1.29 is 15.0 Å². The lowest BCUT2D eigenvalue weighted by atomic mass is 10.0. The van der Waals surface area contributed by atoms with Gasteiger partial charge in [-0.25, -0.2) is 4.79 Å². The van der Waals surface area contributed by atoms with E-state index in [0.717, 1.165) is 10.9 Å². The molecule has 0 spiro atoms. The minimum atomic E-state index is -1.11. The maximum absolute atomic E-state index is 10.9. The van der Waals surface area contributed by atoms with E-state index in [1.54, 1.807) is 12.1 Å². The maximum Gasteiger partial charge on any atom is 0.339 e. The van der Waals surface area contributed by atoms with Crippen LogP contribution in [0.4, 0.5) is 0 Å². The number of aryl methyl sites for hydroxylation is 1. The third-order valence-corrected chi connectivity index (χ3v) is 2.45. The van der Waals surface area contributed by atoms with Crippen molar-refractivity contribution in [1.29, 1.82) is 0 Å². The highest BCUT2D eigenvalue weighted by atomic mass is 16.4. The van der Waals surface area contributed by atoms with Crippen molar-refractivity contribution in [3.05, 3.63) is 41.5 Å². The van der Waals surface area contributed by atoms with Crippen LogP contribution in [0.25, 0.3) is 10.8 Å². The highest BCUT2D eigenvalue weighted by Crippen LogP contribution is 2.31. The van der Waals surface area contributed by atoms with Gasteiger partial charge in [0.1, 0.15) is 11.3 Å². The molecule has 3 heteroatoms. The zero-order valence-electron chi connectivity index (χ0n) is 8.19. The molecule has 0 atom stereocenters. The van der Waals surface area contributed by atoms with Crippen LogP contribution < -0.4 is 0 Å². The average molecular weight is 202 g/mol. The number of aromatic hydroxyl groups is 1. The van der Waals surface area contributed by atoms with Crippen LogP contribution in [0.1, 0.15) is 15.9 Å². The zero-order valence-corrected chi connectivity index (χ0v) is 8.19. The Morgan fingerprint density at radius 2 is 1.80 bits per heavy atom. The van der Waals surface area contributed by atoms with E-state index in [1.807, 2.05) is 19.1 Å². The van der Waals surface area contributed by atoms with Crippen molar-refractivity contribution in [2.45, 2.75) is 6.92 Å². The lowest BCUT2D eigenvalue weighted by Gasteiger charge is -2.07. The first-order chi connectivity index (χ1) is 7.11. The van der Waals surface area contributed by atoms with Crippen molar-refractivity contribution in [2.24, 2.45) is 0 Å². The molecule has 3 nitrogen and oxygen atoms in total. The molecule has 0 aliphatic rings. The third kappa shape index (κ3) is 1.42. The molecule has 15 heavy (non-hydrogen) atoms. The van der Waals surface area contributed by atoms with Crippen LogP contribution in [0.15, 0.2) is 30.3 Å². The molecule has 2 aromatic rings. The second kappa shape index (κ2) is 3.28. The highest BCUT2D eigenvalue weighted by Gasteiger charge is 2.13. The summed E-state index contributed by atoms with van der Waals surface area (Å²) in [5.74, 6) is -1.27. The third-order valence-electron chi connectivity index (χ3n) is 2.45. The van der Waals surface area contributed by atoms with Crippen molar-refractivity contribution >= 4 is 16.7 Å². The summed E-state index contributed by atoms with van der Waals surface area (Å²) in [4.78, 5) is 10.9. The minimum absolute atomic E-state index is 0.0498. The Bertz CT molecular complexity index is 544. The van der Waals surface area contributed by atoms with Crippen molar-refractivity contribution in [1.82, 2.24) is 0 Å². The molecule has 2 rings (SSSR count). The molecule has 2 aromatic carbocycles. The lowest BCUT2D eigenvalue weighted by molar-refractivity contribution is 0.0694. The fourth-order valence-electron chi connectivity index (χ4n) is 1.70.